The SMILES string of the molecule is N/C(=N/O)c1ccc(Br)cc1NC(=O)c1ccoc1. The number of carbonyl (C=O) groups excluding carboxylic acids is 1. The Labute approximate surface area is 117 Å². The molecule has 1 heterocycles. The second kappa shape index (κ2) is 5.57. The van der Waals surface area contributed by atoms with Crippen molar-refractivity contribution in [1.29, 1.82) is 0 Å². The molecule has 0 spiro atoms. The number of carbonyl (C=O) groups is 1. The Morgan fingerprint density at radius 1 is 1.42 bits per heavy atom. The number of halogens is 1. The van der Waals surface area contributed by atoms with E-state index in [4.69, 9.17) is 15.4 Å². The molecule has 6 nitrogen and oxygen atoms in total. The molecule has 0 aliphatic carbocycles. The first kappa shape index (κ1) is 13.2. The van der Waals surface area contributed by atoms with Crippen molar-refractivity contribution in [3.05, 3.63) is 52.4 Å². The molecule has 0 unspecified atom stereocenters. The van der Waals surface area contributed by atoms with Gasteiger partial charge in [0, 0.05) is 10.0 Å². The van der Waals surface area contributed by atoms with Crippen LogP contribution in [0.5, 0.6) is 0 Å². The highest BCUT2D eigenvalue weighted by Crippen LogP contribution is 2.22. The third kappa shape index (κ3) is 2.94. The van der Waals surface area contributed by atoms with Crippen molar-refractivity contribution < 1.29 is 14.4 Å². The molecule has 4 N–H and O–H groups in total. The van der Waals surface area contributed by atoms with E-state index in [1.165, 1.54) is 18.6 Å². The molecule has 19 heavy (non-hydrogen) atoms. The topological polar surface area (TPSA) is 101 Å². The number of nitrogens with zero attached hydrogens (tertiary/aromatic N) is 1. The summed E-state index contributed by atoms with van der Waals surface area (Å²) in [6.45, 7) is 0. The number of furan rings is 1. The quantitative estimate of drug-likeness (QED) is 0.349. The number of hydrogen-bond acceptors (Lipinski definition) is 4. The van der Waals surface area contributed by atoms with Gasteiger partial charge in [0.2, 0.25) is 0 Å². The smallest absolute Gasteiger partial charge is 0.258 e. The van der Waals surface area contributed by atoms with Crippen molar-refractivity contribution in [3.63, 3.8) is 0 Å². The van der Waals surface area contributed by atoms with Crippen LogP contribution in [-0.4, -0.2) is 17.0 Å². The Hall–Kier alpha value is -2.28. The summed E-state index contributed by atoms with van der Waals surface area (Å²) in [5, 5.41) is 14.3. The summed E-state index contributed by atoms with van der Waals surface area (Å²) in [6.07, 6.45) is 2.73. The number of nitrogens with one attached hydrogen (secondary N) is 1. The Bertz CT molecular complexity index is 623. The van der Waals surface area contributed by atoms with E-state index in [1.54, 1.807) is 18.2 Å². The number of anilines is 1. The summed E-state index contributed by atoms with van der Waals surface area (Å²) in [5.74, 6) is -0.436. The van der Waals surface area contributed by atoms with Crippen molar-refractivity contribution >= 4 is 33.4 Å². The summed E-state index contributed by atoms with van der Waals surface area (Å²) in [5.41, 5.74) is 6.78. The maximum absolute atomic E-state index is 11.9. The second-order valence-corrected chi connectivity index (χ2v) is 4.56. The third-order valence-electron chi connectivity index (χ3n) is 2.40. The number of nitrogens with two attached hydrogens (primary N) is 1. The first-order chi connectivity index (χ1) is 9.11. The van der Waals surface area contributed by atoms with E-state index in [1.807, 2.05) is 0 Å². The van der Waals surface area contributed by atoms with Crippen LogP contribution < -0.4 is 11.1 Å². The molecule has 98 valence electrons. The molecule has 0 radical (unpaired) electrons. The average Bonchev–Trinajstić information content (AvgIpc) is 2.92. The zero-order chi connectivity index (χ0) is 13.8. The number of hydrogen-bond donors (Lipinski definition) is 3. The summed E-state index contributed by atoms with van der Waals surface area (Å²) >= 11 is 3.29. The van der Waals surface area contributed by atoms with Crippen LogP contribution in [-0.2, 0) is 0 Å². The van der Waals surface area contributed by atoms with Gasteiger partial charge in [-0.1, -0.05) is 21.1 Å². The molecule has 1 aromatic carbocycles. The van der Waals surface area contributed by atoms with Gasteiger partial charge in [0.1, 0.15) is 6.26 Å². The fourth-order valence-electron chi connectivity index (χ4n) is 1.49. The molecule has 7 heteroatoms. The van der Waals surface area contributed by atoms with Crippen LogP contribution in [0.4, 0.5) is 5.69 Å². The molecular formula is C12H10BrN3O3. The number of benzene rings is 1. The normalized spacial score (nSPS) is 11.3. The van der Waals surface area contributed by atoms with E-state index >= 15 is 0 Å². The Balaban J connectivity index is 2.33. The van der Waals surface area contributed by atoms with Crippen molar-refractivity contribution in [1.82, 2.24) is 0 Å². The van der Waals surface area contributed by atoms with Crippen LogP contribution in [0.1, 0.15) is 15.9 Å². The maximum Gasteiger partial charge on any atom is 0.258 e. The van der Waals surface area contributed by atoms with Gasteiger partial charge in [-0.2, -0.15) is 0 Å². The average molecular weight is 324 g/mol. The summed E-state index contributed by atoms with van der Waals surface area (Å²) in [7, 11) is 0. The van der Waals surface area contributed by atoms with Crippen LogP contribution in [0.25, 0.3) is 0 Å². The Morgan fingerprint density at radius 2 is 2.21 bits per heavy atom. The van der Waals surface area contributed by atoms with E-state index < -0.39 is 0 Å². The van der Waals surface area contributed by atoms with Crippen LogP contribution in [0.3, 0.4) is 0 Å². The summed E-state index contributed by atoms with van der Waals surface area (Å²) in [4.78, 5) is 11.9. The highest BCUT2D eigenvalue weighted by molar-refractivity contribution is 9.10. The highest BCUT2D eigenvalue weighted by Gasteiger charge is 2.13. The van der Waals surface area contributed by atoms with Crippen molar-refractivity contribution in [2.75, 3.05) is 5.32 Å². The molecule has 1 amide bonds. The van der Waals surface area contributed by atoms with E-state index in [0.717, 1.165) is 4.47 Å². The number of amidine groups is 1. The molecular weight excluding hydrogens is 314 g/mol. The lowest BCUT2D eigenvalue weighted by molar-refractivity contribution is 0.102. The lowest BCUT2D eigenvalue weighted by Gasteiger charge is -2.10. The molecule has 2 rings (SSSR count). The second-order valence-electron chi connectivity index (χ2n) is 3.64. The Morgan fingerprint density at radius 3 is 2.84 bits per heavy atom. The van der Waals surface area contributed by atoms with Crippen molar-refractivity contribution in [3.8, 4) is 0 Å². The number of amides is 1. The van der Waals surface area contributed by atoms with Gasteiger partial charge in [0.15, 0.2) is 5.84 Å². The van der Waals surface area contributed by atoms with Crippen LogP contribution >= 0.6 is 15.9 Å². The van der Waals surface area contributed by atoms with Gasteiger partial charge in [-0.15, -0.1) is 0 Å². The molecule has 1 aromatic heterocycles. The molecule has 0 fully saturated rings. The van der Waals surface area contributed by atoms with Gasteiger partial charge in [0.25, 0.3) is 5.91 Å². The predicted octanol–water partition coefficient (Wildman–Crippen LogP) is 2.39. The van der Waals surface area contributed by atoms with E-state index in [0.29, 0.717) is 16.8 Å². The molecule has 0 saturated carbocycles. The van der Waals surface area contributed by atoms with Crippen LogP contribution in [0, 0.1) is 0 Å². The zero-order valence-electron chi connectivity index (χ0n) is 9.63. The first-order valence-electron chi connectivity index (χ1n) is 5.23. The lowest BCUT2D eigenvalue weighted by Crippen LogP contribution is -2.19. The lowest BCUT2D eigenvalue weighted by atomic mass is 10.1. The molecule has 0 saturated heterocycles. The fraction of sp³-hybridized carbons (Fsp3) is 0. The molecule has 0 aliphatic rings. The van der Waals surface area contributed by atoms with Gasteiger partial charge >= 0.3 is 0 Å². The van der Waals surface area contributed by atoms with Crippen LogP contribution in [0.15, 0.2) is 50.8 Å². The van der Waals surface area contributed by atoms with E-state index in [9.17, 15) is 4.79 Å². The minimum atomic E-state index is -0.348. The molecule has 0 atom stereocenters. The number of oxime groups is 1. The van der Waals surface area contributed by atoms with Gasteiger partial charge in [-0.05, 0) is 24.3 Å². The van der Waals surface area contributed by atoms with Gasteiger partial charge in [-0.3, -0.25) is 4.79 Å². The molecule has 0 bridgehead atoms. The van der Waals surface area contributed by atoms with Gasteiger partial charge < -0.3 is 20.7 Å². The van der Waals surface area contributed by atoms with E-state index in [-0.39, 0.29) is 11.7 Å². The minimum absolute atomic E-state index is 0.0880. The van der Waals surface area contributed by atoms with Gasteiger partial charge in [0.05, 0.1) is 17.5 Å². The fourth-order valence-corrected chi connectivity index (χ4v) is 1.85. The Kier molecular flexibility index (Phi) is 3.86. The number of rotatable bonds is 3. The molecule has 2 aromatic rings. The minimum Gasteiger partial charge on any atom is -0.472 e. The first-order valence-corrected chi connectivity index (χ1v) is 6.02. The summed E-state index contributed by atoms with van der Waals surface area (Å²) < 4.78 is 5.59. The third-order valence-corrected chi connectivity index (χ3v) is 2.89. The highest BCUT2D eigenvalue weighted by atomic mass is 79.9. The standard InChI is InChI=1S/C12H10BrN3O3/c13-8-1-2-9(11(14)16-18)10(5-8)15-12(17)7-3-4-19-6-7/h1-6,18H,(H2,14,16)(H,15,17). The van der Waals surface area contributed by atoms with Crippen molar-refractivity contribution in [2.45, 2.75) is 0 Å². The zero-order valence-corrected chi connectivity index (χ0v) is 11.2. The monoisotopic (exact) mass is 323 g/mol. The van der Waals surface area contributed by atoms with Crippen molar-refractivity contribution in [2.24, 2.45) is 10.9 Å². The van der Waals surface area contributed by atoms with Gasteiger partial charge in [-0.25, -0.2) is 0 Å². The largest absolute Gasteiger partial charge is 0.472 e. The summed E-state index contributed by atoms with van der Waals surface area (Å²) in [6, 6.07) is 6.55. The molecule has 0 aliphatic heterocycles. The van der Waals surface area contributed by atoms with E-state index in [2.05, 4.69) is 26.4 Å². The van der Waals surface area contributed by atoms with Crippen LogP contribution in [0.2, 0.25) is 0 Å². The predicted molar refractivity (Wildman–Crippen MR) is 73.3 cm³/mol. The maximum atomic E-state index is 11.9.